The van der Waals surface area contributed by atoms with E-state index in [4.69, 9.17) is 10.6 Å². The highest BCUT2D eigenvalue weighted by Gasteiger charge is 2.23. The predicted octanol–water partition coefficient (Wildman–Crippen LogP) is 3.07. The lowest BCUT2D eigenvalue weighted by atomic mass is 10.1. The first-order valence-electron chi connectivity index (χ1n) is 8.11. The second-order valence-electron chi connectivity index (χ2n) is 5.85. The first-order valence-corrected chi connectivity index (χ1v) is 9.09. The summed E-state index contributed by atoms with van der Waals surface area (Å²) in [6.07, 6.45) is 3.15. The minimum atomic E-state index is -0.0376. The minimum Gasteiger partial charge on any atom is -0.370 e. The average molecular weight is 341 g/mol. The molecule has 2 aromatic heterocycles. The molecule has 4 rings (SSSR count). The van der Waals surface area contributed by atoms with Crippen LogP contribution >= 0.6 is 11.8 Å². The third-order valence-corrected chi connectivity index (χ3v) is 5.14. The third kappa shape index (κ3) is 3.09. The Morgan fingerprint density at radius 1 is 1.17 bits per heavy atom. The van der Waals surface area contributed by atoms with Gasteiger partial charge in [-0.1, -0.05) is 36.0 Å². The molecular formula is C17H19N5OS. The molecule has 0 amide bonds. The summed E-state index contributed by atoms with van der Waals surface area (Å²) in [5.41, 5.74) is 2.00. The molecule has 3 heterocycles. The van der Waals surface area contributed by atoms with Crippen molar-refractivity contribution in [3.8, 4) is 0 Å². The second-order valence-corrected chi connectivity index (χ2v) is 6.79. The summed E-state index contributed by atoms with van der Waals surface area (Å²) >= 11 is 1.54. The number of benzene rings is 1. The van der Waals surface area contributed by atoms with Crippen molar-refractivity contribution in [1.29, 1.82) is 0 Å². The van der Waals surface area contributed by atoms with Crippen molar-refractivity contribution in [2.24, 2.45) is 0 Å². The van der Waals surface area contributed by atoms with Crippen LogP contribution in [0, 0.1) is 0 Å². The standard InChI is InChI=1S/C17H19N5OS/c18-22-16(15-7-3-4-10-23-15)20-21-17(22)24-11-13-9-8-12-5-1-2-6-14(12)19-13/h1-2,5-6,8-9,15H,3-4,7,10-11,18H2. The van der Waals surface area contributed by atoms with Gasteiger partial charge in [-0.3, -0.25) is 4.98 Å². The number of thioether (sulfide) groups is 1. The van der Waals surface area contributed by atoms with Crippen LogP contribution < -0.4 is 5.84 Å². The van der Waals surface area contributed by atoms with Gasteiger partial charge in [-0.25, -0.2) is 4.68 Å². The molecule has 24 heavy (non-hydrogen) atoms. The Kier molecular flexibility index (Phi) is 4.36. The maximum Gasteiger partial charge on any atom is 0.210 e. The Labute approximate surface area is 144 Å². The van der Waals surface area contributed by atoms with Gasteiger partial charge in [-0.2, -0.15) is 0 Å². The van der Waals surface area contributed by atoms with E-state index in [9.17, 15) is 0 Å². The Hall–Kier alpha value is -2.12. The molecule has 1 fully saturated rings. The number of pyridine rings is 1. The van der Waals surface area contributed by atoms with E-state index >= 15 is 0 Å². The van der Waals surface area contributed by atoms with E-state index in [1.165, 1.54) is 11.8 Å². The first-order chi connectivity index (χ1) is 11.8. The van der Waals surface area contributed by atoms with Crippen molar-refractivity contribution in [2.45, 2.75) is 36.3 Å². The molecule has 1 saturated heterocycles. The van der Waals surface area contributed by atoms with Crippen LogP contribution in [-0.2, 0) is 10.5 Å². The van der Waals surface area contributed by atoms with Crippen molar-refractivity contribution in [3.05, 3.63) is 47.9 Å². The van der Waals surface area contributed by atoms with Crippen molar-refractivity contribution in [3.63, 3.8) is 0 Å². The second kappa shape index (κ2) is 6.78. The monoisotopic (exact) mass is 341 g/mol. The zero-order chi connectivity index (χ0) is 16.4. The van der Waals surface area contributed by atoms with E-state index in [0.717, 1.165) is 42.5 Å². The van der Waals surface area contributed by atoms with Gasteiger partial charge in [0.1, 0.15) is 6.10 Å². The van der Waals surface area contributed by atoms with Crippen LogP contribution in [-0.4, -0.2) is 26.5 Å². The third-order valence-electron chi connectivity index (χ3n) is 4.16. The van der Waals surface area contributed by atoms with Crippen LogP contribution in [0.3, 0.4) is 0 Å². The van der Waals surface area contributed by atoms with Gasteiger partial charge in [-0.15, -0.1) is 10.2 Å². The molecule has 6 nitrogen and oxygen atoms in total. The van der Waals surface area contributed by atoms with Gasteiger partial charge in [0.05, 0.1) is 11.2 Å². The Bertz CT molecular complexity index is 844. The minimum absolute atomic E-state index is 0.0376. The Balaban J connectivity index is 1.47. The van der Waals surface area contributed by atoms with E-state index in [0.29, 0.717) is 16.7 Å². The number of nitrogens with zero attached hydrogens (tertiary/aromatic N) is 4. The first kappa shape index (κ1) is 15.4. The summed E-state index contributed by atoms with van der Waals surface area (Å²) in [4.78, 5) is 4.67. The average Bonchev–Trinajstić information content (AvgIpc) is 3.01. The zero-order valence-electron chi connectivity index (χ0n) is 13.3. The van der Waals surface area contributed by atoms with E-state index in [2.05, 4.69) is 27.3 Å². The number of aromatic nitrogens is 4. The number of nitrogen functional groups attached to an aromatic ring is 1. The highest BCUT2D eigenvalue weighted by Crippen LogP contribution is 2.28. The van der Waals surface area contributed by atoms with Crippen LogP contribution in [0.4, 0.5) is 0 Å². The normalized spacial score (nSPS) is 18.1. The van der Waals surface area contributed by atoms with Gasteiger partial charge in [0, 0.05) is 17.7 Å². The molecule has 0 radical (unpaired) electrons. The number of ether oxygens (including phenoxy) is 1. The molecule has 0 aliphatic carbocycles. The van der Waals surface area contributed by atoms with Gasteiger partial charge >= 0.3 is 0 Å². The van der Waals surface area contributed by atoms with Crippen LogP contribution in [0.5, 0.6) is 0 Å². The summed E-state index contributed by atoms with van der Waals surface area (Å²) in [7, 11) is 0. The molecule has 0 spiro atoms. The number of hydrogen-bond acceptors (Lipinski definition) is 6. The van der Waals surface area contributed by atoms with Crippen molar-refractivity contribution < 1.29 is 4.74 Å². The lowest BCUT2D eigenvalue weighted by Crippen LogP contribution is -2.21. The largest absolute Gasteiger partial charge is 0.370 e. The molecule has 7 heteroatoms. The van der Waals surface area contributed by atoms with Crippen LogP contribution in [0.1, 0.15) is 36.9 Å². The van der Waals surface area contributed by atoms with Crippen molar-refractivity contribution in [2.75, 3.05) is 12.4 Å². The van der Waals surface area contributed by atoms with E-state index in [1.807, 2.05) is 24.3 Å². The van der Waals surface area contributed by atoms with E-state index in [1.54, 1.807) is 4.68 Å². The molecule has 3 aromatic rings. The van der Waals surface area contributed by atoms with Gasteiger partial charge in [-0.05, 0) is 31.4 Å². The summed E-state index contributed by atoms with van der Waals surface area (Å²) < 4.78 is 7.30. The summed E-state index contributed by atoms with van der Waals surface area (Å²) in [6.45, 7) is 0.765. The molecule has 1 atom stereocenters. The van der Waals surface area contributed by atoms with Gasteiger partial charge in [0.15, 0.2) is 5.82 Å². The highest BCUT2D eigenvalue weighted by molar-refractivity contribution is 7.98. The van der Waals surface area contributed by atoms with E-state index in [-0.39, 0.29) is 6.10 Å². The van der Waals surface area contributed by atoms with Crippen LogP contribution in [0.25, 0.3) is 10.9 Å². The topological polar surface area (TPSA) is 78.9 Å². The van der Waals surface area contributed by atoms with Crippen molar-refractivity contribution >= 4 is 22.7 Å². The molecule has 1 aliphatic rings. The number of rotatable bonds is 4. The molecule has 0 saturated carbocycles. The van der Waals surface area contributed by atoms with Gasteiger partial charge in [0.2, 0.25) is 5.16 Å². The van der Waals surface area contributed by atoms with Crippen molar-refractivity contribution in [1.82, 2.24) is 19.9 Å². The fourth-order valence-corrected chi connectivity index (χ4v) is 3.65. The smallest absolute Gasteiger partial charge is 0.210 e. The summed E-state index contributed by atoms with van der Waals surface area (Å²) in [5.74, 6) is 7.57. The lowest BCUT2D eigenvalue weighted by Gasteiger charge is -2.21. The maximum atomic E-state index is 6.16. The van der Waals surface area contributed by atoms with Gasteiger partial charge in [0.25, 0.3) is 0 Å². The fourth-order valence-electron chi connectivity index (χ4n) is 2.88. The lowest BCUT2D eigenvalue weighted by molar-refractivity contribution is 0.00780. The molecule has 124 valence electrons. The maximum absolute atomic E-state index is 6.16. The Morgan fingerprint density at radius 2 is 2.08 bits per heavy atom. The number of hydrogen-bond donors (Lipinski definition) is 1. The van der Waals surface area contributed by atoms with E-state index < -0.39 is 0 Å². The Morgan fingerprint density at radius 3 is 2.96 bits per heavy atom. The summed E-state index contributed by atoms with van der Waals surface area (Å²) in [6, 6.07) is 12.2. The SMILES string of the molecule is Nn1c(SCc2ccc3ccccc3n2)nnc1C1CCCCO1. The van der Waals surface area contributed by atoms with Gasteiger partial charge < -0.3 is 10.6 Å². The zero-order valence-corrected chi connectivity index (χ0v) is 14.1. The molecule has 1 aromatic carbocycles. The van der Waals surface area contributed by atoms with Crippen LogP contribution in [0.2, 0.25) is 0 Å². The molecule has 1 aliphatic heterocycles. The number of nitrogens with two attached hydrogens (primary N) is 1. The predicted molar refractivity (Wildman–Crippen MR) is 94.0 cm³/mol. The molecular weight excluding hydrogens is 322 g/mol. The van der Waals surface area contributed by atoms with Crippen LogP contribution in [0.15, 0.2) is 41.6 Å². The molecule has 1 unspecified atom stereocenters. The number of para-hydroxylation sites is 1. The molecule has 0 bridgehead atoms. The quantitative estimate of drug-likeness (QED) is 0.580. The molecule has 2 N–H and O–H groups in total. The fraction of sp³-hybridized carbons (Fsp3) is 0.353. The number of fused-ring (bicyclic) bond motifs is 1. The highest BCUT2D eigenvalue weighted by atomic mass is 32.2. The summed E-state index contributed by atoms with van der Waals surface area (Å²) in [5, 5.41) is 10.3.